The molecule has 0 aliphatic rings. The van der Waals surface area contributed by atoms with Gasteiger partial charge in [-0.15, -0.1) is 0 Å². The highest BCUT2D eigenvalue weighted by Gasteiger charge is 2.22. The molecule has 19 heavy (non-hydrogen) atoms. The summed E-state index contributed by atoms with van der Waals surface area (Å²) < 4.78 is 28.9. The Balaban J connectivity index is 2.52. The monoisotopic (exact) mass is 329 g/mol. The summed E-state index contributed by atoms with van der Waals surface area (Å²) in [5.41, 5.74) is 0.613. The zero-order valence-corrected chi connectivity index (χ0v) is 12.2. The molecule has 1 aromatic carbocycles. The normalized spacial score (nSPS) is 12.7. The van der Waals surface area contributed by atoms with Gasteiger partial charge in [-0.2, -0.15) is 0 Å². The SMILES string of the molecule is CCn1ccnc1C(NC)c1ccc(F)c(F)c1Br. The van der Waals surface area contributed by atoms with Gasteiger partial charge in [-0.25, -0.2) is 13.8 Å². The average molecular weight is 330 g/mol. The highest BCUT2D eigenvalue weighted by Crippen LogP contribution is 2.30. The molecule has 0 radical (unpaired) electrons. The maximum atomic E-state index is 13.6. The van der Waals surface area contributed by atoms with Gasteiger partial charge in [0.25, 0.3) is 0 Å². The molecular weight excluding hydrogens is 316 g/mol. The predicted octanol–water partition coefficient (Wildman–Crippen LogP) is 3.25. The van der Waals surface area contributed by atoms with Crippen LogP contribution in [0.4, 0.5) is 8.78 Å². The van der Waals surface area contributed by atoms with Crippen LogP contribution in [0.5, 0.6) is 0 Å². The van der Waals surface area contributed by atoms with Crippen LogP contribution in [-0.2, 0) is 6.54 Å². The Kier molecular flexibility index (Phi) is 4.31. The standard InChI is InChI=1S/C13H14BrF2N3/c1-3-19-7-6-18-13(19)12(17-2)8-4-5-9(15)11(16)10(8)14/h4-7,12,17H,3H2,1-2H3. The smallest absolute Gasteiger partial charge is 0.173 e. The zero-order chi connectivity index (χ0) is 14.0. The summed E-state index contributed by atoms with van der Waals surface area (Å²) in [5, 5.41) is 3.08. The average Bonchev–Trinajstić information content (AvgIpc) is 2.88. The second kappa shape index (κ2) is 5.79. The number of benzene rings is 1. The van der Waals surface area contributed by atoms with Crippen molar-refractivity contribution in [1.29, 1.82) is 0 Å². The van der Waals surface area contributed by atoms with Crippen molar-refractivity contribution in [3.63, 3.8) is 0 Å². The molecule has 1 aromatic heterocycles. The van der Waals surface area contributed by atoms with Crippen molar-refractivity contribution in [2.45, 2.75) is 19.5 Å². The van der Waals surface area contributed by atoms with E-state index in [-0.39, 0.29) is 10.5 Å². The third-order valence-electron chi connectivity index (χ3n) is 3.01. The maximum Gasteiger partial charge on any atom is 0.173 e. The van der Waals surface area contributed by atoms with Gasteiger partial charge in [-0.05, 0) is 41.5 Å². The maximum absolute atomic E-state index is 13.6. The Labute approximate surface area is 118 Å². The summed E-state index contributed by atoms with van der Waals surface area (Å²) >= 11 is 3.11. The number of halogens is 3. The molecule has 0 aliphatic carbocycles. The Morgan fingerprint density at radius 2 is 2.16 bits per heavy atom. The third kappa shape index (κ3) is 2.55. The summed E-state index contributed by atoms with van der Waals surface area (Å²) in [7, 11) is 1.76. The van der Waals surface area contributed by atoms with Crippen molar-refractivity contribution < 1.29 is 8.78 Å². The number of aromatic nitrogens is 2. The Hall–Kier alpha value is -1.27. The van der Waals surface area contributed by atoms with Crippen molar-refractivity contribution in [2.75, 3.05) is 7.05 Å². The van der Waals surface area contributed by atoms with Crippen molar-refractivity contribution in [3.8, 4) is 0 Å². The van der Waals surface area contributed by atoms with Crippen molar-refractivity contribution in [3.05, 3.63) is 52.0 Å². The molecule has 0 saturated carbocycles. The van der Waals surface area contributed by atoms with Crippen LogP contribution in [0.2, 0.25) is 0 Å². The minimum atomic E-state index is -0.882. The predicted molar refractivity (Wildman–Crippen MR) is 72.9 cm³/mol. The van der Waals surface area contributed by atoms with E-state index in [1.807, 2.05) is 17.7 Å². The van der Waals surface area contributed by atoms with Gasteiger partial charge >= 0.3 is 0 Å². The second-order valence-corrected chi connectivity index (χ2v) is 4.85. The minimum Gasteiger partial charge on any atom is -0.334 e. The fourth-order valence-corrected chi connectivity index (χ4v) is 2.59. The summed E-state index contributed by atoms with van der Waals surface area (Å²) in [6.45, 7) is 2.76. The first kappa shape index (κ1) is 14.1. The van der Waals surface area contributed by atoms with E-state index in [1.54, 1.807) is 19.3 Å². The van der Waals surface area contributed by atoms with Crippen molar-refractivity contribution in [1.82, 2.24) is 14.9 Å². The molecule has 1 unspecified atom stereocenters. The van der Waals surface area contributed by atoms with Gasteiger partial charge in [0.15, 0.2) is 11.6 Å². The first-order valence-electron chi connectivity index (χ1n) is 5.91. The first-order valence-corrected chi connectivity index (χ1v) is 6.71. The number of rotatable bonds is 4. The zero-order valence-electron chi connectivity index (χ0n) is 10.6. The van der Waals surface area contributed by atoms with Gasteiger partial charge in [0.05, 0.1) is 10.5 Å². The summed E-state index contributed by atoms with van der Waals surface area (Å²) in [6, 6.07) is 2.37. The van der Waals surface area contributed by atoms with Crippen LogP contribution in [0.3, 0.4) is 0 Å². The van der Waals surface area contributed by atoms with E-state index in [2.05, 4.69) is 26.2 Å². The van der Waals surface area contributed by atoms with Crippen LogP contribution in [0.25, 0.3) is 0 Å². The number of imidazole rings is 1. The molecular formula is C13H14BrF2N3. The second-order valence-electron chi connectivity index (χ2n) is 4.06. The fraction of sp³-hybridized carbons (Fsp3) is 0.308. The van der Waals surface area contributed by atoms with Gasteiger partial charge in [0, 0.05) is 18.9 Å². The Morgan fingerprint density at radius 3 is 2.79 bits per heavy atom. The number of hydrogen-bond acceptors (Lipinski definition) is 2. The molecule has 1 atom stereocenters. The van der Waals surface area contributed by atoms with Gasteiger partial charge in [-0.1, -0.05) is 6.07 Å². The van der Waals surface area contributed by atoms with Crippen LogP contribution in [0.1, 0.15) is 24.4 Å². The largest absolute Gasteiger partial charge is 0.334 e. The van der Waals surface area contributed by atoms with Crippen molar-refractivity contribution in [2.24, 2.45) is 0 Å². The highest BCUT2D eigenvalue weighted by molar-refractivity contribution is 9.10. The summed E-state index contributed by atoms with van der Waals surface area (Å²) in [4.78, 5) is 4.29. The third-order valence-corrected chi connectivity index (χ3v) is 3.82. The number of hydrogen-bond donors (Lipinski definition) is 1. The van der Waals surface area contributed by atoms with E-state index >= 15 is 0 Å². The van der Waals surface area contributed by atoms with Gasteiger partial charge in [0.1, 0.15) is 5.82 Å². The van der Waals surface area contributed by atoms with E-state index < -0.39 is 11.6 Å². The Bertz CT molecular complexity index is 583. The van der Waals surface area contributed by atoms with Crippen LogP contribution in [-0.4, -0.2) is 16.6 Å². The molecule has 6 heteroatoms. The molecule has 3 nitrogen and oxygen atoms in total. The lowest BCUT2D eigenvalue weighted by Gasteiger charge is -2.19. The van der Waals surface area contributed by atoms with E-state index in [1.165, 1.54) is 0 Å². The lowest BCUT2D eigenvalue weighted by Crippen LogP contribution is -2.22. The number of nitrogens with zero attached hydrogens (tertiary/aromatic N) is 2. The molecule has 2 aromatic rings. The molecule has 2 rings (SSSR count). The van der Waals surface area contributed by atoms with Crippen LogP contribution in [0.15, 0.2) is 29.0 Å². The summed E-state index contributed by atoms with van der Waals surface area (Å²) in [5.74, 6) is -0.992. The molecule has 102 valence electrons. The highest BCUT2D eigenvalue weighted by atomic mass is 79.9. The van der Waals surface area contributed by atoms with E-state index in [0.29, 0.717) is 5.56 Å². The summed E-state index contributed by atoms with van der Waals surface area (Å²) in [6.07, 6.45) is 3.55. The molecule has 0 aliphatic heterocycles. The van der Waals surface area contributed by atoms with Crippen molar-refractivity contribution >= 4 is 15.9 Å². The molecule has 0 bridgehead atoms. The molecule has 0 amide bonds. The van der Waals surface area contributed by atoms with E-state index in [0.717, 1.165) is 18.4 Å². The van der Waals surface area contributed by atoms with Gasteiger partial charge < -0.3 is 9.88 Å². The van der Waals surface area contributed by atoms with E-state index in [4.69, 9.17) is 0 Å². The number of nitrogens with one attached hydrogen (secondary N) is 1. The quantitative estimate of drug-likeness (QED) is 0.872. The van der Waals surface area contributed by atoms with E-state index in [9.17, 15) is 8.78 Å². The lowest BCUT2D eigenvalue weighted by atomic mass is 10.1. The molecule has 0 spiro atoms. The molecule has 1 N–H and O–H groups in total. The van der Waals surface area contributed by atoms with Gasteiger partial charge in [-0.3, -0.25) is 0 Å². The topological polar surface area (TPSA) is 29.9 Å². The fourth-order valence-electron chi connectivity index (χ4n) is 2.04. The minimum absolute atomic E-state index is 0.123. The first-order chi connectivity index (χ1) is 9.10. The lowest BCUT2D eigenvalue weighted by molar-refractivity contribution is 0.497. The molecule has 1 heterocycles. The molecule has 0 fully saturated rings. The van der Waals surface area contributed by atoms with Crippen LogP contribution in [0, 0.1) is 11.6 Å². The Morgan fingerprint density at radius 1 is 1.42 bits per heavy atom. The van der Waals surface area contributed by atoms with Gasteiger partial charge in [0.2, 0.25) is 0 Å². The molecule has 0 saturated heterocycles. The van der Waals surface area contributed by atoms with Crippen LogP contribution < -0.4 is 5.32 Å². The van der Waals surface area contributed by atoms with Crippen LogP contribution >= 0.6 is 15.9 Å². The number of aryl methyl sites for hydroxylation is 1.